The highest BCUT2D eigenvalue weighted by molar-refractivity contribution is 6.07. The number of nitrogens with one attached hydrogen (secondary N) is 1. The second-order valence-corrected chi connectivity index (χ2v) is 4.94. The summed E-state index contributed by atoms with van der Waals surface area (Å²) >= 11 is 0. The van der Waals surface area contributed by atoms with Crippen molar-refractivity contribution in [2.75, 3.05) is 20.3 Å². The first-order valence-corrected chi connectivity index (χ1v) is 7.79. The number of rotatable bonds is 7. The highest BCUT2D eigenvalue weighted by Crippen LogP contribution is 2.17. The number of carbonyl (C=O) groups is 3. The molecule has 0 bridgehead atoms. The van der Waals surface area contributed by atoms with Gasteiger partial charge in [-0.15, -0.1) is 0 Å². The minimum absolute atomic E-state index is 0.0956. The van der Waals surface area contributed by atoms with E-state index < -0.39 is 24.4 Å². The molecule has 136 valence electrons. The molecule has 2 aromatic rings. The second-order valence-electron chi connectivity index (χ2n) is 4.94. The van der Waals surface area contributed by atoms with Gasteiger partial charge in [0.1, 0.15) is 11.3 Å². The Kier molecular flexibility index (Phi) is 6.67. The van der Waals surface area contributed by atoms with Gasteiger partial charge in [-0.05, 0) is 31.2 Å². The Morgan fingerprint density at radius 1 is 1.08 bits per heavy atom. The number of carbonyl (C=O) groups excluding carboxylic acids is 3. The summed E-state index contributed by atoms with van der Waals surface area (Å²) in [4.78, 5) is 40.0. The van der Waals surface area contributed by atoms with E-state index in [1.54, 1.807) is 31.2 Å². The molecule has 0 aliphatic rings. The van der Waals surface area contributed by atoms with Crippen molar-refractivity contribution in [1.82, 2.24) is 10.3 Å². The van der Waals surface area contributed by atoms with Gasteiger partial charge in [0.05, 0.1) is 19.3 Å². The smallest absolute Gasteiger partial charge is 0.344 e. The Labute approximate surface area is 150 Å². The molecule has 0 saturated heterocycles. The van der Waals surface area contributed by atoms with E-state index >= 15 is 0 Å². The third-order valence-electron chi connectivity index (χ3n) is 3.21. The third kappa shape index (κ3) is 4.79. The summed E-state index contributed by atoms with van der Waals surface area (Å²) in [6, 6.07) is 9.46. The number of nitrogens with zero attached hydrogens (tertiary/aromatic N) is 1. The number of imide groups is 1. The first-order chi connectivity index (χ1) is 12.6. The lowest BCUT2D eigenvalue weighted by molar-refractivity contribution is -0.123. The fourth-order valence-electron chi connectivity index (χ4n) is 2.07. The molecule has 2 rings (SSSR count). The third-order valence-corrected chi connectivity index (χ3v) is 3.21. The molecule has 1 aromatic carbocycles. The lowest BCUT2D eigenvalue weighted by Crippen LogP contribution is -2.34. The largest absolute Gasteiger partial charge is 0.496 e. The van der Waals surface area contributed by atoms with Gasteiger partial charge in [0.2, 0.25) is 5.88 Å². The second kappa shape index (κ2) is 9.16. The van der Waals surface area contributed by atoms with Crippen molar-refractivity contribution in [2.45, 2.75) is 6.92 Å². The Hall–Kier alpha value is -3.42. The van der Waals surface area contributed by atoms with Gasteiger partial charge in [0, 0.05) is 6.20 Å². The van der Waals surface area contributed by atoms with E-state index in [9.17, 15) is 14.4 Å². The molecule has 26 heavy (non-hydrogen) atoms. The van der Waals surface area contributed by atoms with Crippen LogP contribution in [0.2, 0.25) is 0 Å². The first-order valence-electron chi connectivity index (χ1n) is 7.79. The van der Waals surface area contributed by atoms with Crippen LogP contribution in [0.1, 0.15) is 27.6 Å². The van der Waals surface area contributed by atoms with Crippen LogP contribution in [0, 0.1) is 0 Å². The molecule has 8 heteroatoms. The summed E-state index contributed by atoms with van der Waals surface area (Å²) < 4.78 is 15.2. The molecular weight excluding hydrogens is 340 g/mol. The first kappa shape index (κ1) is 18.9. The number of aromatic nitrogens is 1. The SMILES string of the molecule is CCOc1ncccc1C(=O)OCC(=O)NC(=O)c1ccccc1OC. The van der Waals surface area contributed by atoms with Crippen LogP contribution in [-0.2, 0) is 9.53 Å². The van der Waals surface area contributed by atoms with Crippen molar-refractivity contribution in [3.8, 4) is 11.6 Å². The Morgan fingerprint density at radius 2 is 1.81 bits per heavy atom. The number of para-hydroxylation sites is 1. The molecule has 1 aromatic heterocycles. The maximum Gasteiger partial charge on any atom is 0.344 e. The summed E-state index contributed by atoms with van der Waals surface area (Å²) in [5.74, 6) is -1.76. The van der Waals surface area contributed by atoms with E-state index in [0.717, 1.165) is 0 Å². The van der Waals surface area contributed by atoms with Gasteiger partial charge in [-0.3, -0.25) is 14.9 Å². The predicted molar refractivity (Wildman–Crippen MR) is 91.2 cm³/mol. The average molecular weight is 358 g/mol. The van der Waals surface area contributed by atoms with E-state index in [-0.39, 0.29) is 17.0 Å². The number of benzene rings is 1. The number of pyridine rings is 1. The number of ether oxygens (including phenoxy) is 3. The van der Waals surface area contributed by atoms with Crippen molar-refractivity contribution in [2.24, 2.45) is 0 Å². The number of hydrogen-bond donors (Lipinski definition) is 1. The van der Waals surface area contributed by atoms with E-state index in [1.165, 1.54) is 25.4 Å². The maximum absolute atomic E-state index is 12.1. The number of esters is 1. The summed E-state index contributed by atoms with van der Waals surface area (Å²) in [5.41, 5.74) is 0.291. The summed E-state index contributed by atoms with van der Waals surface area (Å²) in [5, 5.41) is 2.14. The highest BCUT2D eigenvalue weighted by atomic mass is 16.5. The van der Waals surface area contributed by atoms with Crippen LogP contribution in [0.4, 0.5) is 0 Å². The maximum atomic E-state index is 12.1. The molecule has 1 heterocycles. The Morgan fingerprint density at radius 3 is 2.54 bits per heavy atom. The molecule has 0 atom stereocenters. The number of methoxy groups -OCH3 is 1. The zero-order valence-corrected chi connectivity index (χ0v) is 14.4. The number of amides is 2. The zero-order chi connectivity index (χ0) is 18.9. The van der Waals surface area contributed by atoms with Gasteiger partial charge >= 0.3 is 5.97 Å². The monoisotopic (exact) mass is 358 g/mol. The summed E-state index contributed by atoms with van der Waals surface area (Å²) in [6.07, 6.45) is 1.47. The highest BCUT2D eigenvalue weighted by Gasteiger charge is 2.18. The predicted octanol–water partition coefficient (Wildman–Crippen LogP) is 1.60. The van der Waals surface area contributed by atoms with Crippen LogP contribution < -0.4 is 14.8 Å². The van der Waals surface area contributed by atoms with E-state index in [2.05, 4.69) is 10.3 Å². The molecule has 1 N–H and O–H groups in total. The van der Waals surface area contributed by atoms with Crippen molar-refractivity contribution in [3.05, 3.63) is 53.7 Å². The van der Waals surface area contributed by atoms with E-state index in [1.807, 2.05) is 0 Å². The standard InChI is InChI=1S/C18H18N2O6/c1-3-25-17-13(8-6-10-19-17)18(23)26-11-15(21)20-16(22)12-7-4-5-9-14(12)24-2/h4-10H,3,11H2,1-2H3,(H,20,21,22). The van der Waals surface area contributed by atoms with Crippen LogP contribution in [0.5, 0.6) is 11.6 Å². The van der Waals surface area contributed by atoms with E-state index in [0.29, 0.717) is 12.4 Å². The van der Waals surface area contributed by atoms with Crippen molar-refractivity contribution in [3.63, 3.8) is 0 Å². The normalized spacial score (nSPS) is 9.92. The van der Waals surface area contributed by atoms with Crippen LogP contribution in [-0.4, -0.2) is 43.1 Å². The van der Waals surface area contributed by atoms with Crippen LogP contribution in [0.3, 0.4) is 0 Å². The molecule has 0 radical (unpaired) electrons. The molecule has 0 saturated carbocycles. The lowest BCUT2D eigenvalue weighted by Gasteiger charge is -2.10. The lowest BCUT2D eigenvalue weighted by atomic mass is 10.2. The van der Waals surface area contributed by atoms with Gasteiger partial charge in [-0.1, -0.05) is 12.1 Å². The molecule has 0 spiro atoms. The van der Waals surface area contributed by atoms with Gasteiger partial charge in [-0.2, -0.15) is 0 Å². The number of hydrogen-bond acceptors (Lipinski definition) is 7. The topological polar surface area (TPSA) is 104 Å². The fraction of sp³-hybridized carbons (Fsp3) is 0.222. The molecule has 2 amide bonds. The molecule has 0 fully saturated rings. The Bertz CT molecular complexity index is 806. The van der Waals surface area contributed by atoms with Gasteiger partial charge in [0.15, 0.2) is 6.61 Å². The van der Waals surface area contributed by atoms with Crippen LogP contribution >= 0.6 is 0 Å². The molecule has 8 nitrogen and oxygen atoms in total. The minimum Gasteiger partial charge on any atom is -0.496 e. The van der Waals surface area contributed by atoms with Gasteiger partial charge < -0.3 is 14.2 Å². The van der Waals surface area contributed by atoms with Crippen LogP contribution in [0.25, 0.3) is 0 Å². The summed E-state index contributed by atoms with van der Waals surface area (Å²) in [6.45, 7) is 1.45. The molecular formula is C18H18N2O6. The van der Waals surface area contributed by atoms with Gasteiger partial charge in [-0.25, -0.2) is 9.78 Å². The average Bonchev–Trinajstić information content (AvgIpc) is 2.66. The molecule has 0 aliphatic heterocycles. The molecule has 0 aliphatic carbocycles. The molecule has 0 unspecified atom stereocenters. The van der Waals surface area contributed by atoms with Crippen molar-refractivity contribution in [1.29, 1.82) is 0 Å². The fourth-order valence-corrected chi connectivity index (χ4v) is 2.07. The zero-order valence-electron chi connectivity index (χ0n) is 14.4. The minimum atomic E-state index is -0.776. The quantitative estimate of drug-likeness (QED) is 0.750. The van der Waals surface area contributed by atoms with Crippen LogP contribution in [0.15, 0.2) is 42.6 Å². The van der Waals surface area contributed by atoms with E-state index in [4.69, 9.17) is 14.2 Å². The Balaban J connectivity index is 1.94. The summed E-state index contributed by atoms with van der Waals surface area (Å²) in [7, 11) is 1.42. The van der Waals surface area contributed by atoms with Gasteiger partial charge in [0.25, 0.3) is 11.8 Å². The van der Waals surface area contributed by atoms with Crippen molar-refractivity contribution < 1.29 is 28.6 Å². The van der Waals surface area contributed by atoms with Crippen molar-refractivity contribution >= 4 is 17.8 Å².